The first-order valence-corrected chi connectivity index (χ1v) is 10.1. The highest BCUT2D eigenvalue weighted by Crippen LogP contribution is 2.10. The SMILES string of the molecule is CCCCCCCCOC1NC(=O)NC1OCCCCCCCC. The lowest BCUT2D eigenvalue weighted by atomic mass is 10.1. The molecule has 2 atom stereocenters. The predicted molar refractivity (Wildman–Crippen MR) is 97.9 cm³/mol. The second-order valence-corrected chi connectivity index (χ2v) is 6.74. The molecule has 0 aliphatic carbocycles. The molecular formula is C19H38N2O3. The van der Waals surface area contributed by atoms with E-state index in [0.29, 0.717) is 13.2 Å². The van der Waals surface area contributed by atoms with Crippen LogP contribution in [-0.2, 0) is 9.47 Å². The minimum Gasteiger partial charge on any atom is -0.354 e. The van der Waals surface area contributed by atoms with Crippen LogP contribution in [-0.4, -0.2) is 31.7 Å². The topological polar surface area (TPSA) is 59.6 Å². The zero-order valence-electron chi connectivity index (χ0n) is 15.8. The number of ether oxygens (including phenoxy) is 2. The van der Waals surface area contributed by atoms with Gasteiger partial charge in [-0.15, -0.1) is 0 Å². The van der Waals surface area contributed by atoms with Crippen LogP contribution in [0.4, 0.5) is 4.79 Å². The molecule has 5 heteroatoms. The van der Waals surface area contributed by atoms with Crippen LogP contribution in [0.3, 0.4) is 0 Å². The van der Waals surface area contributed by atoms with Crippen LogP contribution in [0.15, 0.2) is 0 Å². The van der Waals surface area contributed by atoms with Gasteiger partial charge in [0.15, 0.2) is 12.5 Å². The smallest absolute Gasteiger partial charge is 0.319 e. The molecule has 0 spiro atoms. The Morgan fingerprint density at radius 2 is 1.04 bits per heavy atom. The number of rotatable bonds is 16. The summed E-state index contributed by atoms with van der Waals surface area (Å²) in [5, 5.41) is 5.57. The van der Waals surface area contributed by atoms with Gasteiger partial charge in [0.25, 0.3) is 0 Å². The largest absolute Gasteiger partial charge is 0.354 e. The van der Waals surface area contributed by atoms with Crippen LogP contribution in [0.1, 0.15) is 90.9 Å². The summed E-state index contributed by atoms with van der Waals surface area (Å²) in [6.45, 7) is 5.81. The lowest BCUT2D eigenvalue weighted by molar-refractivity contribution is -0.0740. The Kier molecular flexibility index (Phi) is 12.9. The fourth-order valence-electron chi connectivity index (χ4n) is 2.89. The van der Waals surface area contributed by atoms with E-state index in [1.165, 1.54) is 64.2 Å². The molecule has 1 heterocycles. The van der Waals surface area contributed by atoms with Crippen molar-refractivity contribution in [3.05, 3.63) is 0 Å². The van der Waals surface area contributed by atoms with E-state index in [4.69, 9.17) is 9.47 Å². The van der Waals surface area contributed by atoms with Crippen molar-refractivity contribution in [2.45, 2.75) is 103 Å². The molecule has 0 aromatic heterocycles. The van der Waals surface area contributed by atoms with Gasteiger partial charge in [-0.05, 0) is 12.8 Å². The molecule has 1 saturated heterocycles. The fourth-order valence-corrected chi connectivity index (χ4v) is 2.89. The summed E-state index contributed by atoms with van der Waals surface area (Å²) in [5.74, 6) is 0. The van der Waals surface area contributed by atoms with Gasteiger partial charge < -0.3 is 20.1 Å². The maximum atomic E-state index is 11.5. The van der Waals surface area contributed by atoms with Crippen molar-refractivity contribution < 1.29 is 14.3 Å². The molecule has 1 fully saturated rings. The molecular weight excluding hydrogens is 304 g/mol. The van der Waals surface area contributed by atoms with Crippen molar-refractivity contribution in [1.82, 2.24) is 10.6 Å². The molecule has 2 amide bonds. The Morgan fingerprint density at radius 1 is 0.667 bits per heavy atom. The highest BCUT2D eigenvalue weighted by molar-refractivity contribution is 5.76. The van der Waals surface area contributed by atoms with Crippen molar-refractivity contribution in [3.63, 3.8) is 0 Å². The second kappa shape index (κ2) is 14.5. The predicted octanol–water partition coefficient (Wildman–Crippen LogP) is 4.71. The van der Waals surface area contributed by atoms with E-state index in [-0.39, 0.29) is 18.5 Å². The van der Waals surface area contributed by atoms with Crippen LogP contribution < -0.4 is 10.6 Å². The maximum absolute atomic E-state index is 11.5. The summed E-state index contributed by atoms with van der Waals surface area (Å²) in [6.07, 6.45) is 14.1. The Hall–Kier alpha value is -0.810. The number of unbranched alkanes of at least 4 members (excludes halogenated alkanes) is 10. The Bertz CT molecular complexity index is 285. The molecule has 5 nitrogen and oxygen atoms in total. The van der Waals surface area contributed by atoms with Crippen molar-refractivity contribution >= 4 is 6.03 Å². The standard InChI is InChI=1S/C19H38N2O3/c1-3-5-7-9-11-13-15-23-17-18(21-19(22)20-17)24-16-14-12-10-8-6-4-2/h17-18H,3-16H2,1-2H3,(H2,20,21,22). The number of nitrogens with one attached hydrogen (secondary N) is 2. The molecule has 2 unspecified atom stereocenters. The van der Waals surface area contributed by atoms with Crippen molar-refractivity contribution in [2.24, 2.45) is 0 Å². The normalized spacial score (nSPS) is 20.2. The first-order valence-electron chi connectivity index (χ1n) is 10.1. The summed E-state index contributed by atoms with van der Waals surface area (Å²) < 4.78 is 11.6. The van der Waals surface area contributed by atoms with E-state index < -0.39 is 0 Å². The van der Waals surface area contributed by atoms with Gasteiger partial charge in [-0.25, -0.2) is 4.79 Å². The lowest BCUT2D eigenvalue weighted by Gasteiger charge is -2.19. The van der Waals surface area contributed by atoms with Crippen molar-refractivity contribution in [1.29, 1.82) is 0 Å². The monoisotopic (exact) mass is 342 g/mol. The molecule has 24 heavy (non-hydrogen) atoms. The molecule has 0 aromatic carbocycles. The van der Waals surface area contributed by atoms with Gasteiger partial charge in [-0.3, -0.25) is 0 Å². The van der Waals surface area contributed by atoms with Crippen LogP contribution in [0.5, 0.6) is 0 Å². The lowest BCUT2D eigenvalue weighted by Crippen LogP contribution is -2.38. The minimum atomic E-state index is -0.353. The van der Waals surface area contributed by atoms with E-state index in [0.717, 1.165) is 12.8 Å². The second-order valence-electron chi connectivity index (χ2n) is 6.74. The number of urea groups is 1. The summed E-state index contributed by atoms with van der Waals surface area (Å²) in [4.78, 5) is 11.5. The van der Waals surface area contributed by atoms with E-state index >= 15 is 0 Å². The van der Waals surface area contributed by atoms with E-state index in [2.05, 4.69) is 24.5 Å². The Balaban J connectivity index is 2.04. The first-order chi connectivity index (χ1) is 11.8. The van der Waals surface area contributed by atoms with Gasteiger partial charge in [0.05, 0.1) is 0 Å². The first kappa shape index (κ1) is 21.2. The van der Waals surface area contributed by atoms with Crippen LogP contribution in [0.25, 0.3) is 0 Å². The number of carbonyl (C=O) groups excluding carboxylic acids is 1. The van der Waals surface area contributed by atoms with Gasteiger partial charge in [-0.2, -0.15) is 0 Å². The maximum Gasteiger partial charge on any atom is 0.319 e. The van der Waals surface area contributed by atoms with Crippen LogP contribution >= 0.6 is 0 Å². The molecule has 0 bridgehead atoms. The van der Waals surface area contributed by atoms with Gasteiger partial charge in [0.1, 0.15) is 0 Å². The van der Waals surface area contributed by atoms with Crippen molar-refractivity contribution in [3.8, 4) is 0 Å². The van der Waals surface area contributed by atoms with Gasteiger partial charge in [0, 0.05) is 13.2 Å². The summed E-state index contributed by atoms with van der Waals surface area (Å²) in [5.41, 5.74) is 0. The molecule has 0 saturated carbocycles. The highest BCUT2D eigenvalue weighted by Gasteiger charge is 2.32. The number of carbonyl (C=O) groups is 1. The zero-order chi connectivity index (χ0) is 17.5. The molecule has 142 valence electrons. The van der Waals surface area contributed by atoms with E-state index in [1.54, 1.807) is 0 Å². The van der Waals surface area contributed by atoms with Crippen molar-refractivity contribution in [2.75, 3.05) is 13.2 Å². The fraction of sp³-hybridized carbons (Fsp3) is 0.947. The minimum absolute atomic E-state index is 0.198. The van der Waals surface area contributed by atoms with E-state index in [1.807, 2.05) is 0 Å². The molecule has 0 aromatic rings. The summed E-state index contributed by atoms with van der Waals surface area (Å²) in [6, 6.07) is -0.198. The molecule has 1 rings (SSSR count). The number of hydrogen-bond donors (Lipinski definition) is 2. The van der Waals surface area contributed by atoms with E-state index in [9.17, 15) is 4.79 Å². The average molecular weight is 343 g/mol. The number of amides is 2. The number of hydrogen-bond acceptors (Lipinski definition) is 3. The van der Waals surface area contributed by atoms with Gasteiger partial charge in [0.2, 0.25) is 0 Å². The Labute approximate surface area is 148 Å². The van der Waals surface area contributed by atoms with Gasteiger partial charge >= 0.3 is 6.03 Å². The molecule has 2 N–H and O–H groups in total. The van der Waals surface area contributed by atoms with Crippen LogP contribution in [0.2, 0.25) is 0 Å². The summed E-state index contributed by atoms with van der Waals surface area (Å²) >= 11 is 0. The highest BCUT2D eigenvalue weighted by atomic mass is 16.6. The Morgan fingerprint density at radius 3 is 1.46 bits per heavy atom. The van der Waals surface area contributed by atoms with Gasteiger partial charge in [-0.1, -0.05) is 78.1 Å². The zero-order valence-corrected chi connectivity index (χ0v) is 15.8. The molecule has 1 aliphatic rings. The summed E-state index contributed by atoms with van der Waals surface area (Å²) in [7, 11) is 0. The average Bonchev–Trinajstić information content (AvgIpc) is 2.93. The molecule has 0 radical (unpaired) electrons. The molecule has 1 aliphatic heterocycles. The quantitative estimate of drug-likeness (QED) is 0.400. The van der Waals surface area contributed by atoms with Crippen LogP contribution in [0, 0.1) is 0 Å². The third-order valence-corrected chi connectivity index (χ3v) is 4.41. The third-order valence-electron chi connectivity index (χ3n) is 4.41. The third kappa shape index (κ3) is 10.1.